The van der Waals surface area contributed by atoms with Crippen molar-refractivity contribution in [1.82, 2.24) is 19.7 Å². The number of nitrogens with zero attached hydrogens (tertiary/aromatic N) is 4. The monoisotopic (exact) mass is 432 g/mol. The van der Waals surface area contributed by atoms with Gasteiger partial charge in [-0.2, -0.15) is 18.2 Å². The molecule has 2 aromatic heterocycles. The van der Waals surface area contributed by atoms with E-state index in [4.69, 9.17) is 21.1 Å². The third kappa shape index (κ3) is 4.20. The molecule has 12 heteroatoms. The first-order valence-electron chi connectivity index (χ1n) is 9.29. The highest BCUT2D eigenvalue weighted by Gasteiger charge is 2.43. The number of anilines is 3. The predicted octanol–water partition coefficient (Wildman–Crippen LogP) is 4.02. The van der Waals surface area contributed by atoms with Gasteiger partial charge in [-0.1, -0.05) is 11.6 Å². The van der Waals surface area contributed by atoms with E-state index in [1.54, 1.807) is 0 Å². The predicted molar refractivity (Wildman–Crippen MR) is 99.8 cm³/mol. The van der Waals surface area contributed by atoms with Gasteiger partial charge in [0.05, 0.1) is 18.8 Å². The van der Waals surface area contributed by atoms with Crippen LogP contribution in [-0.2, 0) is 10.9 Å². The smallest absolute Gasteiger partial charge is 0.435 e. The van der Waals surface area contributed by atoms with Gasteiger partial charge >= 0.3 is 6.18 Å². The Morgan fingerprint density at radius 1 is 1.21 bits per heavy atom. The third-order valence-corrected chi connectivity index (χ3v) is 5.11. The van der Waals surface area contributed by atoms with Crippen molar-refractivity contribution in [2.75, 3.05) is 30.5 Å². The lowest BCUT2D eigenvalue weighted by molar-refractivity contribution is -0.145. The zero-order valence-corrected chi connectivity index (χ0v) is 16.3. The van der Waals surface area contributed by atoms with E-state index in [0.29, 0.717) is 38.3 Å². The Morgan fingerprint density at radius 3 is 2.69 bits per heavy atom. The molecule has 2 N–H and O–H groups in total. The molecule has 4 rings (SSSR count). The van der Waals surface area contributed by atoms with Gasteiger partial charge in [0, 0.05) is 25.7 Å². The normalized spacial score (nSPS) is 20.7. The van der Waals surface area contributed by atoms with Crippen molar-refractivity contribution < 1.29 is 22.6 Å². The summed E-state index contributed by atoms with van der Waals surface area (Å²) in [6.07, 6.45) is -1.93. The average molecular weight is 433 g/mol. The number of rotatable bonds is 1. The highest BCUT2D eigenvalue weighted by atomic mass is 35.5. The molecule has 0 amide bonds. The molecule has 0 aromatic carbocycles. The van der Waals surface area contributed by atoms with Crippen LogP contribution in [0, 0.1) is 0 Å². The van der Waals surface area contributed by atoms with E-state index in [1.807, 2.05) is 6.92 Å². The summed E-state index contributed by atoms with van der Waals surface area (Å²) in [4.78, 5) is 8.23. The maximum Gasteiger partial charge on any atom is 0.435 e. The summed E-state index contributed by atoms with van der Waals surface area (Å²) in [5.41, 5.74) is -1.22. The highest BCUT2D eigenvalue weighted by molar-refractivity contribution is 6.32. The van der Waals surface area contributed by atoms with Crippen LogP contribution in [0.2, 0.25) is 5.02 Å². The van der Waals surface area contributed by atoms with Gasteiger partial charge in [-0.25, -0.2) is 4.98 Å². The number of hydrogen-bond acceptors (Lipinski definition) is 7. The second kappa shape index (κ2) is 7.86. The highest BCUT2D eigenvalue weighted by Crippen LogP contribution is 2.44. The van der Waals surface area contributed by atoms with E-state index in [9.17, 15) is 13.2 Å². The molecule has 1 saturated heterocycles. The van der Waals surface area contributed by atoms with Gasteiger partial charge in [-0.3, -0.25) is 4.68 Å². The van der Waals surface area contributed by atoms with Crippen molar-refractivity contribution in [3.05, 3.63) is 16.9 Å². The minimum atomic E-state index is -4.66. The van der Waals surface area contributed by atoms with Crippen LogP contribution in [0.1, 0.15) is 37.9 Å². The summed E-state index contributed by atoms with van der Waals surface area (Å²) in [7, 11) is 0. The van der Waals surface area contributed by atoms with Crippen molar-refractivity contribution in [1.29, 1.82) is 0 Å². The molecule has 29 heavy (non-hydrogen) atoms. The number of aromatic nitrogens is 4. The molecule has 2 aliphatic heterocycles. The standard InChI is InChI=1S/C17H20ClF3N6O2/c1-9-2-7-29-15-12(24-16-22-8-11(18)14(23-9)25-16)13(17(19,20)21)27(26-15)10-3-5-28-6-4-10/h8-10H,2-7H2,1H3,(H2,22,23,24,25)/t9-/m1/s1. The number of halogens is 4. The molecule has 1 fully saturated rings. The minimum Gasteiger partial charge on any atom is -0.475 e. The molecular weight excluding hydrogens is 413 g/mol. The van der Waals surface area contributed by atoms with E-state index in [1.165, 1.54) is 6.20 Å². The second-order valence-electron chi connectivity index (χ2n) is 7.01. The lowest BCUT2D eigenvalue weighted by atomic mass is 10.1. The maximum atomic E-state index is 14.1. The van der Waals surface area contributed by atoms with Gasteiger partial charge in [-0.05, 0) is 19.8 Å². The Hall–Kier alpha value is -2.27. The molecular formula is C17H20ClF3N6O2. The molecule has 4 heterocycles. The van der Waals surface area contributed by atoms with Crippen LogP contribution in [0.25, 0.3) is 0 Å². The first-order chi connectivity index (χ1) is 13.8. The van der Waals surface area contributed by atoms with Crippen LogP contribution in [0.5, 0.6) is 5.88 Å². The number of fused-ring (bicyclic) bond motifs is 3. The summed E-state index contributed by atoms with van der Waals surface area (Å²) >= 11 is 6.11. The first kappa shape index (κ1) is 20.0. The maximum absolute atomic E-state index is 14.1. The lowest BCUT2D eigenvalue weighted by Gasteiger charge is -2.24. The molecule has 2 aromatic rings. The van der Waals surface area contributed by atoms with Gasteiger partial charge in [-0.15, -0.1) is 5.10 Å². The molecule has 2 aliphatic rings. The van der Waals surface area contributed by atoms with Gasteiger partial charge in [0.2, 0.25) is 5.95 Å². The molecule has 1 atom stereocenters. The fraction of sp³-hybridized carbons (Fsp3) is 0.588. The molecule has 0 spiro atoms. The van der Waals surface area contributed by atoms with Crippen molar-refractivity contribution in [3.8, 4) is 5.88 Å². The van der Waals surface area contributed by atoms with E-state index >= 15 is 0 Å². The number of ether oxygens (including phenoxy) is 2. The van der Waals surface area contributed by atoms with Crippen molar-refractivity contribution in [3.63, 3.8) is 0 Å². The van der Waals surface area contributed by atoms with Gasteiger partial charge in [0.15, 0.2) is 11.5 Å². The fourth-order valence-electron chi connectivity index (χ4n) is 3.37. The van der Waals surface area contributed by atoms with Crippen LogP contribution in [-0.4, -0.2) is 45.6 Å². The van der Waals surface area contributed by atoms with E-state index < -0.39 is 17.9 Å². The number of nitrogens with one attached hydrogen (secondary N) is 2. The Morgan fingerprint density at radius 2 is 1.97 bits per heavy atom. The summed E-state index contributed by atoms with van der Waals surface area (Å²) < 4.78 is 54.1. The molecule has 0 saturated carbocycles. The largest absolute Gasteiger partial charge is 0.475 e. The molecule has 0 aliphatic carbocycles. The van der Waals surface area contributed by atoms with Crippen LogP contribution in [0.3, 0.4) is 0 Å². The second-order valence-corrected chi connectivity index (χ2v) is 7.42. The molecule has 0 unspecified atom stereocenters. The quantitative estimate of drug-likeness (QED) is 0.703. The van der Waals surface area contributed by atoms with Gasteiger partial charge < -0.3 is 20.1 Å². The topological polar surface area (TPSA) is 86.1 Å². The van der Waals surface area contributed by atoms with Crippen LogP contribution in [0.4, 0.5) is 30.6 Å². The van der Waals surface area contributed by atoms with Crippen LogP contribution < -0.4 is 15.4 Å². The first-order valence-corrected chi connectivity index (χ1v) is 9.67. The minimum absolute atomic E-state index is 0.0344. The SMILES string of the molecule is C[C@@H]1CCOc2nn(C3CCOCC3)c(C(F)(F)F)c2Nc2ncc(Cl)c(n2)N1. The molecule has 0 radical (unpaired) electrons. The number of hydrogen-bond donors (Lipinski definition) is 2. The van der Waals surface area contributed by atoms with Crippen LogP contribution in [0.15, 0.2) is 6.20 Å². The number of alkyl halides is 3. The van der Waals surface area contributed by atoms with Crippen LogP contribution >= 0.6 is 11.6 Å². The zero-order valence-electron chi connectivity index (χ0n) is 15.6. The van der Waals surface area contributed by atoms with Gasteiger partial charge in [0.1, 0.15) is 10.7 Å². The lowest BCUT2D eigenvalue weighted by Crippen LogP contribution is -2.25. The third-order valence-electron chi connectivity index (χ3n) is 4.84. The molecule has 2 bridgehead atoms. The summed E-state index contributed by atoms with van der Waals surface area (Å²) in [6.45, 7) is 2.84. The van der Waals surface area contributed by atoms with Gasteiger partial charge in [0.25, 0.3) is 5.88 Å². The van der Waals surface area contributed by atoms with Crippen molar-refractivity contribution in [2.24, 2.45) is 0 Å². The Balaban J connectivity index is 1.82. The Bertz CT molecular complexity index is 885. The fourth-order valence-corrected chi connectivity index (χ4v) is 3.52. The Kier molecular flexibility index (Phi) is 5.43. The average Bonchev–Trinajstić information content (AvgIpc) is 3.02. The van der Waals surface area contributed by atoms with Crippen molar-refractivity contribution >= 4 is 29.1 Å². The zero-order chi connectivity index (χ0) is 20.6. The van der Waals surface area contributed by atoms with E-state index in [0.717, 1.165) is 4.68 Å². The summed E-state index contributed by atoms with van der Waals surface area (Å²) in [5.74, 6) is 0.177. The van der Waals surface area contributed by atoms with E-state index in [-0.39, 0.29) is 35.2 Å². The van der Waals surface area contributed by atoms with E-state index in [2.05, 4.69) is 25.7 Å². The molecule has 158 valence electrons. The van der Waals surface area contributed by atoms with Crippen molar-refractivity contribution in [2.45, 2.75) is 44.4 Å². The summed E-state index contributed by atoms with van der Waals surface area (Å²) in [6, 6.07) is -0.509. The summed E-state index contributed by atoms with van der Waals surface area (Å²) in [5, 5.41) is 10.2. The Labute approximate surface area is 169 Å². The molecule has 8 nitrogen and oxygen atoms in total.